The fraction of sp³-hybridized carbons (Fsp3) is 0.375. The molecule has 0 saturated heterocycles. The Morgan fingerprint density at radius 2 is 0.733 bits per heavy atom. The molecule has 0 aliphatic heterocycles. The van der Waals surface area contributed by atoms with Crippen molar-refractivity contribution in [2.75, 3.05) is 0 Å². The third-order valence-corrected chi connectivity index (χ3v) is 6.63. The number of rotatable bonds is 5. The van der Waals surface area contributed by atoms with E-state index in [2.05, 4.69) is 106 Å². The number of nitrogens with zero attached hydrogens (tertiary/aromatic N) is 5. The molecule has 0 aromatic carbocycles. The maximum atomic E-state index is 4.18. The molecule has 0 aliphatic rings. The zero-order valence-electron chi connectivity index (χ0n) is 29.2. The third kappa shape index (κ3) is 18.2. The van der Waals surface area contributed by atoms with E-state index in [4.69, 9.17) is 0 Å². The monoisotopic (exact) mass is 605 g/mol. The molecular weight excluding hydrogens is 550 g/mol. The van der Waals surface area contributed by atoms with Crippen LogP contribution in [0.2, 0.25) is 0 Å². The summed E-state index contributed by atoms with van der Waals surface area (Å²) in [7, 11) is 0. The minimum Gasteiger partial charge on any atom is -0.265 e. The van der Waals surface area contributed by atoms with Gasteiger partial charge in [0.15, 0.2) is 0 Å². The summed E-state index contributed by atoms with van der Waals surface area (Å²) < 4.78 is 0. The maximum Gasteiger partial charge on any atom is 0.0428 e. The smallest absolute Gasteiger partial charge is 0.0428 e. The van der Waals surface area contributed by atoms with Crippen LogP contribution in [0.5, 0.6) is 0 Å². The van der Waals surface area contributed by atoms with Crippen LogP contribution in [0.1, 0.15) is 127 Å². The van der Waals surface area contributed by atoms with E-state index >= 15 is 0 Å². The number of aromatic nitrogens is 5. The van der Waals surface area contributed by atoms with E-state index in [1.54, 1.807) is 12.4 Å². The lowest BCUT2D eigenvalue weighted by Crippen LogP contribution is -1.88. The molecule has 45 heavy (non-hydrogen) atoms. The number of pyridine rings is 5. The molecule has 0 unspecified atom stereocenters. The molecule has 0 bridgehead atoms. The summed E-state index contributed by atoms with van der Waals surface area (Å²) in [6, 6.07) is 24.2. The quantitative estimate of drug-likeness (QED) is 0.199. The van der Waals surface area contributed by atoms with Gasteiger partial charge < -0.3 is 0 Å². The van der Waals surface area contributed by atoms with E-state index in [1.807, 2.05) is 97.8 Å². The van der Waals surface area contributed by atoms with Crippen molar-refractivity contribution >= 4 is 0 Å². The molecule has 0 spiro atoms. The van der Waals surface area contributed by atoms with Gasteiger partial charge in [0.1, 0.15) is 0 Å². The molecule has 240 valence electrons. The molecule has 0 N–H and O–H groups in total. The van der Waals surface area contributed by atoms with E-state index in [0.717, 1.165) is 11.4 Å². The van der Waals surface area contributed by atoms with Crippen molar-refractivity contribution in [3.8, 4) is 0 Å². The van der Waals surface area contributed by atoms with Crippen molar-refractivity contribution in [1.29, 1.82) is 0 Å². The standard InChI is InChI=1S/5C8H11N/c1-7(2)8-3-5-9-6-4-8;2*1-7(2)8-4-3-5-9-6-8;2*1-7(2)8-5-3-4-6-9-8/h5*3-7H,1-2H3. The van der Waals surface area contributed by atoms with Crippen molar-refractivity contribution < 1.29 is 0 Å². The molecule has 0 saturated carbocycles. The largest absolute Gasteiger partial charge is 0.265 e. The van der Waals surface area contributed by atoms with E-state index in [9.17, 15) is 0 Å². The van der Waals surface area contributed by atoms with Gasteiger partial charge in [0, 0.05) is 61.0 Å². The Morgan fingerprint density at radius 1 is 0.333 bits per heavy atom. The number of hydrogen-bond acceptors (Lipinski definition) is 5. The first-order chi connectivity index (χ1) is 21.5. The van der Waals surface area contributed by atoms with Crippen LogP contribution in [0.3, 0.4) is 0 Å². The molecule has 5 heteroatoms. The Kier molecular flexibility index (Phi) is 20.0. The summed E-state index contributed by atoms with van der Waals surface area (Å²) in [4.78, 5) is 20.3. The Hall–Kier alpha value is -4.25. The summed E-state index contributed by atoms with van der Waals surface area (Å²) >= 11 is 0. The second-order valence-electron chi connectivity index (χ2n) is 12.1. The second-order valence-corrected chi connectivity index (χ2v) is 12.1. The summed E-state index contributed by atoms with van der Waals surface area (Å²) in [6.07, 6.45) is 14.7. The van der Waals surface area contributed by atoms with Crippen LogP contribution in [0.4, 0.5) is 0 Å². The minimum absolute atomic E-state index is 0.547. The first-order valence-electron chi connectivity index (χ1n) is 16.0. The highest BCUT2D eigenvalue weighted by molar-refractivity contribution is 5.14. The van der Waals surface area contributed by atoms with Crippen LogP contribution >= 0.6 is 0 Å². The lowest BCUT2D eigenvalue weighted by molar-refractivity contribution is 0.823. The third-order valence-electron chi connectivity index (χ3n) is 6.63. The average Bonchev–Trinajstić information content (AvgIpc) is 3.08. The van der Waals surface area contributed by atoms with Gasteiger partial charge in [-0.25, -0.2) is 0 Å². The van der Waals surface area contributed by atoms with E-state index in [0.29, 0.717) is 29.6 Å². The van der Waals surface area contributed by atoms with Gasteiger partial charge in [0.05, 0.1) is 0 Å². The summed E-state index contributed by atoms with van der Waals surface area (Å²) in [6.45, 7) is 21.6. The van der Waals surface area contributed by atoms with Crippen LogP contribution in [0.15, 0.2) is 122 Å². The van der Waals surface area contributed by atoms with Crippen molar-refractivity contribution in [2.45, 2.75) is 98.8 Å². The summed E-state index contributed by atoms with van der Waals surface area (Å²) in [5.74, 6) is 2.91. The van der Waals surface area contributed by atoms with Crippen LogP contribution < -0.4 is 0 Å². The molecule has 0 radical (unpaired) electrons. The highest BCUT2D eigenvalue weighted by Crippen LogP contribution is 2.12. The molecule has 0 aliphatic carbocycles. The zero-order valence-corrected chi connectivity index (χ0v) is 29.2. The Labute approximate surface area is 273 Å². The predicted molar refractivity (Wildman–Crippen MR) is 192 cm³/mol. The molecular formula is C40H55N5. The molecule has 0 fully saturated rings. The fourth-order valence-corrected chi connectivity index (χ4v) is 3.62. The molecule has 5 rings (SSSR count). The van der Waals surface area contributed by atoms with Crippen molar-refractivity contribution in [3.05, 3.63) is 150 Å². The van der Waals surface area contributed by atoms with Crippen LogP contribution in [0, 0.1) is 0 Å². The Bertz CT molecular complexity index is 1090. The average molecular weight is 606 g/mol. The molecule has 5 heterocycles. The number of hydrogen-bond donors (Lipinski definition) is 0. The van der Waals surface area contributed by atoms with Crippen molar-refractivity contribution in [2.24, 2.45) is 0 Å². The molecule has 5 nitrogen and oxygen atoms in total. The van der Waals surface area contributed by atoms with Gasteiger partial charge in [-0.1, -0.05) is 93.5 Å². The van der Waals surface area contributed by atoms with Gasteiger partial charge in [-0.2, -0.15) is 0 Å². The highest BCUT2D eigenvalue weighted by Gasteiger charge is 1.97. The normalized spacial score (nSPS) is 10.1. The van der Waals surface area contributed by atoms with Gasteiger partial charge >= 0.3 is 0 Å². The summed E-state index contributed by atoms with van der Waals surface area (Å²) in [5.41, 5.74) is 6.29. The van der Waals surface area contributed by atoms with Gasteiger partial charge in [-0.05, 0) is 94.8 Å². The van der Waals surface area contributed by atoms with Gasteiger partial charge in [0.25, 0.3) is 0 Å². The lowest BCUT2D eigenvalue weighted by Gasteiger charge is -2.01. The highest BCUT2D eigenvalue weighted by atomic mass is 14.7. The molecule has 5 aromatic heterocycles. The first kappa shape index (κ1) is 38.8. The van der Waals surface area contributed by atoms with Crippen LogP contribution in [-0.4, -0.2) is 24.9 Å². The molecule has 0 atom stereocenters. The maximum absolute atomic E-state index is 4.18. The van der Waals surface area contributed by atoms with E-state index < -0.39 is 0 Å². The zero-order chi connectivity index (χ0) is 33.5. The van der Waals surface area contributed by atoms with Gasteiger partial charge in [-0.15, -0.1) is 0 Å². The van der Waals surface area contributed by atoms with E-state index in [-0.39, 0.29) is 0 Å². The Morgan fingerprint density at radius 3 is 0.933 bits per heavy atom. The van der Waals surface area contributed by atoms with Gasteiger partial charge in [-0.3, -0.25) is 24.9 Å². The topological polar surface area (TPSA) is 64.5 Å². The minimum atomic E-state index is 0.547. The van der Waals surface area contributed by atoms with E-state index in [1.165, 1.54) is 16.7 Å². The molecule has 5 aromatic rings. The SMILES string of the molecule is CC(C)c1ccccn1.CC(C)c1ccccn1.CC(C)c1cccnc1.CC(C)c1cccnc1.CC(C)c1ccncc1. The Balaban J connectivity index is 0.000000281. The van der Waals surface area contributed by atoms with Crippen molar-refractivity contribution in [3.63, 3.8) is 0 Å². The lowest BCUT2D eigenvalue weighted by atomic mass is 10.1. The van der Waals surface area contributed by atoms with Crippen LogP contribution in [-0.2, 0) is 0 Å². The predicted octanol–water partition coefficient (Wildman–Crippen LogP) is 11.0. The second kappa shape index (κ2) is 23.2. The fourth-order valence-electron chi connectivity index (χ4n) is 3.62. The summed E-state index contributed by atoms with van der Waals surface area (Å²) in [5, 5.41) is 0. The van der Waals surface area contributed by atoms with Crippen LogP contribution in [0.25, 0.3) is 0 Å². The first-order valence-corrected chi connectivity index (χ1v) is 16.0. The molecule has 0 amide bonds. The van der Waals surface area contributed by atoms with Crippen molar-refractivity contribution in [1.82, 2.24) is 24.9 Å². The van der Waals surface area contributed by atoms with Gasteiger partial charge in [0.2, 0.25) is 0 Å².